The van der Waals surface area contributed by atoms with Crippen LogP contribution in [-0.2, 0) is 10.0 Å². The van der Waals surface area contributed by atoms with Gasteiger partial charge in [-0.3, -0.25) is 4.98 Å². The zero-order valence-electron chi connectivity index (χ0n) is 9.66. The molecule has 18 heavy (non-hydrogen) atoms. The zero-order valence-corrected chi connectivity index (χ0v) is 10.5. The Kier molecular flexibility index (Phi) is 3.28. The molecule has 0 bridgehead atoms. The molecule has 0 amide bonds. The molecule has 92 valence electrons. The van der Waals surface area contributed by atoms with Crippen molar-refractivity contribution in [2.45, 2.75) is 17.9 Å². The highest BCUT2D eigenvalue weighted by atomic mass is 32.2. The molecule has 1 N–H and O–H groups in total. The Morgan fingerprint density at radius 3 is 2.83 bits per heavy atom. The second-order valence-electron chi connectivity index (χ2n) is 3.80. The van der Waals surface area contributed by atoms with Crippen LogP contribution in [0.1, 0.15) is 6.92 Å². The summed E-state index contributed by atoms with van der Waals surface area (Å²) in [5.74, 6) is 0. The predicted molar refractivity (Wildman–Crippen MR) is 67.1 cm³/mol. The van der Waals surface area contributed by atoms with Crippen LogP contribution >= 0.6 is 0 Å². The molecule has 0 unspecified atom stereocenters. The summed E-state index contributed by atoms with van der Waals surface area (Å²) in [5, 5.41) is 9.21. The van der Waals surface area contributed by atoms with Gasteiger partial charge in [-0.15, -0.1) is 0 Å². The van der Waals surface area contributed by atoms with Crippen molar-refractivity contribution >= 4 is 20.9 Å². The van der Waals surface area contributed by atoms with E-state index in [9.17, 15) is 8.42 Å². The molecule has 1 aromatic heterocycles. The lowest BCUT2D eigenvalue weighted by molar-refractivity contribution is 0.578. The molecule has 0 aliphatic heterocycles. The molecule has 6 heteroatoms. The first-order valence-electron chi connectivity index (χ1n) is 5.30. The Labute approximate surface area is 105 Å². The van der Waals surface area contributed by atoms with Gasteiger partial charge in [-0.05, 0) is 31.2 Å². The molecule has 0 saturated carbocycles. The van der Waals surface area contributed by atoms with Crippen molar-refractivity contribution in [2.75, 3.05) is 0 Å². The Hall–Kier alpha value is -1.97. The van der Waals surface area contributed by atoms with Gasteiger partial charge in [0.1, 0.15) is 6.04 Å². The van der Waals surface area contributed by atoms with Gasteiger partial charge in [-0.25, -0.2) is 8.42 Å². The molecule has 1 atom stereocenters. The fourth-order valence-electron chi connectivity index (χ4n) is 1.63. The fraction of sp³-hybridized carbons (Fsp3) is 0.167. The number of pyridine rings is 1. The first-order chi connectivity index (χ1) is 8.54. The Morgan fingerprint density at radius 2 is 2.11 bits per heavy atom. The van der Waals surface area contributed by atoms with Gasteiger partial charge in [-0.1, -0.05) is 6.07 Å². The second-order valence-corrected chi connectivity index (χ2v) is 5.48. The van der Waals surface area contributed by atoms with E-state index in [0.717, 1.165) is 0 Å². The SMILES string of the molecule is C[C@H](C#N)NS(=O)(=O)c1cccc2ncccc12. The third-order valence-electron chi connectivity index (χ3n) is 2.42. The van der Waals surface area contributed by atoms with E-state index in [0.29, 0.717) is 10.9 Å². The van der Waals surface area contributed by atoms with Crippen LogP contribution in [0.25, 0.3) is 10.9 Å². The van der Waals surface area contributed by atoms with Gasteiger partial charge < -0.3 is 0 Å². The van der Waals surface area contributed by atoms with E-state index in [-0.39, 0.29) is 4.90 Å². The van der Waals surface area contributed by atoms with Crippen molar-refractivity contribution in [1.82, 2.24) is 9.71 Å². The summed E-state index contributed by atoms with van der Waals surface area (Å²) in [6.45, 7) is 1.49. The fourth-order valence-corrected chi connectivity index (χ4v) is 3.00. The van der Waals surface area contributed by atoms with E-state index in [1.54, 1.807) is 30.5 Å². The molecule has 0 spiro atoms. The Bertz CT molecular complexity index is 714. The lowest BCUT2D eigenvalue weighted by Gasteiger charge is -2.09. The van der Waals surface area contributed by atoms with Gasteiger partial charge in [0.2, 0.25) is 10.0 Å². The third-order valence-corrected chi connectivity index (χ3v) is 4.02. The minimum atomic E-state index is -3.71. The van der Waals surface area contributed by atoms with Crippen molar-refractivity contribution in [3.8, 4) is 6.07 Å². The maximum Gasteiger partial charge on any atom is 0.242 e. The second kappa shape index (κ2) is 4.72. The minimum absolute atomic E-state index is 0.134. The third kappa shape index (κ3) is 2.32. The number of hydrogen-bond acceptors (Lipinski definition) is 4. The molecule has 0 aliphatic rings. The standard InChI is InChI=1S/C12H11N3O2S/c1-9(8-13)15-18(16,17)12-6-2-5-11-10(12)4-3-7-14-11/h2-7,9,15H,1H3/t9-/m1/s1. The maximum absolute atomic E-state index is 12.1. The number of rotatable bonds is 3. The van der Waals surface area contributed by atoms with Crippen LogP contribution in [0, 0.1) is 11.3 Å². The summed E-state index contributed by atoms with van der Waals surface area (Å²) in [5.41, 5.74) is 0.602. The highest BCUT2D eigenvalue weighted by Gasteiger charge is 2.19. The quantitative estimate of drug-likeness (QED) is 0.905. The van der Waals surface area contributed by atoms with Crippen LogP contribution in [0.3, 0.4) is 0 Å². The number of aromatic nitrogens is 1. The summed E-state index contributed by atoms with van der Waals surface area (Å²) in [6.07, 6.45) is 1.60. The molecule has 2 aromatic rings. The highest BCUT2D eigenvalue weighted by Crippen LogP contribution is 2.21. The lowest BCUT2D eigenvalue weighted by atomic mass is 10.2. The van der Waals surface area contributed by atoms with Gasteiger partial charge in [0.05, 0.1) is 16.5 Å². The van der Waals surface area contributed by atoms with Crippen LogP contribution in [-0.4, -0.2) is 19.4 Å². The molecule has 0 fully saturated rings. The number of nitriles is 1. The average Bonchev–Trinajstić information content (AvgIpc) is 2.37. The van der Waals surface area contributed by atoms with Gasteiger partial charge in [-0.2, -0.15) is 9.98 Å². The first kappa shape index (κ1) is 12.5. The molecule has 5 nitrogen and oxygen atoms in total. The number of sulfonamides is 1. The van der Waals surface area contributed by atoms with E-state index in [2.05, 4.69) is 9.71 Å². The maximum atomic E-state index is 12.1. The highest BCUT2D eigenvalue weighted by molar-refractivity contribution is 7.89. The monoisotopic (exact) mass is 261 g/mol. The molecule has 0 saturated heterocycles. The first-order valence-corrected chi connectivity index (χ1v) is 6.78. The average molecular weight is 261 g/mol. The van der Waals surface area contributed by atoms with E-state index < -0.39 is 16.1 Å². The summed E-state index contributed by atoms with van der Waals surface area (Å²) in [6, 6.07) is 9.28. The molecule has 1 aromatic carbocycles. The van der Waals surface area contributed by atoms with Crippen molar-refractivity contribution in [2.24, 2.45) is 0 Å². The van der Waals surface area contributed by atoms with Crippen LogP contribution in [0.5, 0.6) is 0 Å². The number of nitrogens with zero attached hydrogens (tertiary/aromatic N) is 2. The van der Waals surface area contributed by atoms with Gasteiger partial charge in [0, 0.05) is 11.6 Å². The van der Waals surface area contributed by atoms with Crippen molar-refractivity contribution in [1.29, 1.82) is 5.26 Å². The molecule has 0 radical (unpaired) electrons. The normalized spacial score (nSPS) is 13.1. The summed E-state index contributed by atoms with van der Waals surface area (Å²) in [4.78, 5) is 4.23. The molecule has 1 heterocycles. The van der Waals surface area contributed by atoms with Gasteiger partial charge in [0.25, 0.3) is 0 Å². The Morgan fingerprint density at radius 1 is 1.33 bits per heavy atom. The van der Waals surface area contributed by atoms with Crippen LogP contribution in [0.2, 0.25) is 0 Å². The molecule has 2 rings (SSSR count). The van der Waals surface area contributed by atoms with Gasteiger partial charge in [0.15, 0.2) is 0 Å². The topological polar surface area (TPSA) is 82.9 Å². The summed E-state index contributed by atoms with van der Waals surface area (Å²) in [7, 11) is -3.71. The van der Waals surface area contributed by atoms with Gasteiger partial charge >= 0.3 is 0 Å². The van der Waals surface area contributed by atoms with Crippen LogP contribution in [0.4, 0.5) is 0 Å². The Balaban J connectivity index is 2.58. The lowest BCUT2D eigenvalue weighted by Crippen LogP contribution is -2.31. The number of benzene rings is 1. The van der Waals surface area contributed by atoms with E-state index in [4.69, 9.17) is 5.26 Å². The molecular formula is C12H11N3O2S. The number of fused-ring (bicyclic) bond motifs is 1. The van der Waals surface area contributed by atoms with E-state index in [1.165, 1.54) is 13.0 Å². The molecule has 0 aliphatic carbocycles. The smallest absolute Gasteiger partial charge is 0.242 e. The van der Waals surface area contributed by atoms with Crippen LogP contribution in [0.15, 0.2) is 41.4 Å². The predicted octanol–water partition coefficient (Wildman–Crippen LogP) is 1.43. The number of hydrogen-bond donors (Lipinski definition) is 1. The summed E-state index contributed by atoms with van der Waals surface area (Å²) < 4.78 is 26.5. The summed E-state index contributed by atoms with van der Waals surface area (Å²) >= 11 is 0. The largest absolute Gasteiger partial charge is 0.256 e. The van der Waals surface area contributed by atoms with Crippen molar-refractivity contribution in [3.05, 3.63) is 36.5 Å². The van der Waals surface area contributed by atoms with Crippen molar-refractivity contribution in [3.63, 3.8) is 0 Å². The minimum Gasteiger partial charge on any atom is -0.256 e. The number of nitrogens with one attached hydrogen (secondary N) is 1. The van der Waals surface area contributed by atoms with E-state index in [1.807, 2.05) is 6.07 Å². The molecular weight excluding hydrogens is 250 g/mol. The van der Waals surface area contributed by atoms with Crippen LogP contribution < -0.4 is 4.72 Å². The van der Waals surface area contributed by atoms with E-state index >= 15 is 0 Å². The van der Waals surface area contributed by atoms with Crippen molar-refractivity contribution < 1.29 is 8.42 Å². The zero-order chi connectivity index (χ0) is 13.2.